The van der Waals surface area contributed by atoms with Gasteiger partial charge in [-0.3, -0.25) is 9.69 Å². The lowest BCUT2D eigenvalue weighted by Crippen LogP contribution is -2.48. The van der Waals surface area contributed by atoms with Crippen molar-refractivity contribution < 1.29 is 4.79 Å². The lowest BCUT2D eigenvalue weighted by molar-refractivity contribution is 0.0642. The molecule has 174 valence electrons. The highest BCUT2D eigenvalue weighted by Crippen LogP contribution is 2.36. The van der Waals surface area contributed by atoms with Crippen LogP contribution >= 0.6 is 11.3 Å². The minimum atomic E-state index is 0.145. The van der Waals surface area contributed by atoms with Gasteiger partial charge in [0.05, 0.1) is 10.3 Å². The monoisotopic (exact) mass is 464 g/mol. The topological polar surface area (TPSA) is 55.8 Å². The molecule has 0 radical (unpaired) electrons. The second kappa shape index (κ2) is 9.65. The van der Waals surface area contributed by atoms with Gasteiger partial charge in [-0.1, -0.05) is 25.1 Å². The van der Waals surface area contributed by atoms with Gasteiger partial charge in [-0.25, -0.2) is 9.97 Å². The Labute approximate surface area is 199 Å². The largest absolute Gasteiger partial charge is 0.368 e. The molecule has 0 aliphatic carbocycles. The second-order valence-electron chi connectivity index (χ2n) is 8.88. The molecule has 2 aliphatic heterocycles. The maximum absolute atomic E-state index is 13.4. The number of para-hydroxylation sites is 1. The van der Waals surface area contributed by atoms with Crippen LogP contribution in [0.3, 0.4) is 0 Å². The Balaban J connectivity index is 1.34. The average molecular weight is 465 g/mol. The van der Waals surface area contributed by atoms with E-state index in [2.05, 4.69) is 68.8 Å². The molecule has 0 unspecified atom stereocenters. The number of carbonyl (C=O) groups is 1. The molecule has 1 amide bonds. The van der Waals surface area contributed by atoms with Crippen LogP contribution in [-0.4, -0.2) is 84.6 Å². The van der Waals surface area contributed by atoms with Crippen molar-refractivity contribution in [3.8, 4) is 0 Å². The smallest absolute Gasteiger partial charge is 0.264 e. The zero-order valence-corrected chi connectivity index (χ0v) is 20.4. The molecule has 0 spiro atoms. The number of amides is 1. The highest BCUT2D eigenvalue weighted by atomic mass is 32.1. The SMILES string of the molecule is CCCN1CCN(C(=O)c2sc3ncnc(N4CCN(c5ccccc5)CC4)c3c2C)CC1. The van der Waals surface area contributed by atoms with Crippen LogP contribution in [0.2, 0.25) is 0 Å². The van der Waals surface area contributed by atoms with Gasteiger partial charge in [0, 0.05) is 58.0 Å². The van der Waals surface area contributed by atoms with Gasteiger partial charge in [-0.2, -0.15) is 0 Å². The number of benzene rings is 1. The summed E-state index contributed by atoms with van der Waals surface area (Å²) < 4.78 is 0. The van der Waals surface area contributed by atoms with Gasteiger partial charge >= 0.3 is 0 Å². The van der Waals surface area contributed by atoms with Gasteiger partial charge in [0.15, 0.2) is 0 Å². The number of anilines is 2. The normalized spacial score (nSPS) is 17.7. The van der Waals surface area contributed by atoms with E-state index < -0.39 is 0 Å². The van der Waals surface area contributed by atoms with Gasteiger partial charge in [0.2, 0.25) is 0 Å². The average Bonchev–Trinajstić information content (AvgIpc) is 3.21. The van der Waals surface area contributed by atoms with E-state index >= 15 is 0 Å². The van der Waals surface area contributed by atoms with Crippen LogP contribution in [0.5, 0.6) is 0 Å². The highest BCUT2D eigenvalue weighted by Gasteiger charge is 2.28. The maximum Gasteiger partial charge on any atom is 0.264 e. The summed E-state index contributed by atoms with van der Waals surface area (Å²) in [4.78, 5) is 33.6. The minimum absolute atomic E-state index is 0.145. The molecule has 0 saturated carbocycles. The summed E-state index contributed by atoms with van der Waals surface area (Å²) in [6.07, 6.45) is 2.80. The van der Waals surface area contributed by atoms with Gasteiger partial charge in [0.25, 0.3) is 5.91 Å². The van der Waals surface area contributed by atoms with E-state index in [9.17, 15) is 4.79 Å². The Bertz CT molecular complexity index is 1100. The minimum Gasteiger partial charge on any atom is -0.368 e. The van der Waals surface area contributed by atoms with Gasteiger partial charge < -0.3 is 14.7 Å². The Morgan fingerprint density at radius 1 is 0.939 bits per heavy atom. The molecular weight excluding hydrogens is 432 g/mol. The first kappa shape index (κ1) is 22.1. The molecule has 8 heteroatoms. The number of nitrogens with zero attached hydrogens (tertiary/aromatic N) is 6. The first-order valence-electron chi connectivity index (χ1n) is 12.0. The molecule has 4 heterocycles. The number of rotatable bonds is 5. The van der Waals surface area contributed by atoms with Crippen LogP contribution in [-0.2, 0) is 0 Å². The second-order valence-corrected chi connectivity index (χ2v) is 9.88. The van der Waals surface area contributed by atoms with Crippen molar-refractivity contribution in [2.24, 2.45) is 0 Å². The van der Waals surface area contributed by atoms with E-state index in [0.717, 1.165) is 91.8 Å². The third-order valence-corrected chi connectivity index (χ3v) is 7.99. The van der Waals surface area contributed by atoms with Crippen LogP contribution in [0.4, 0.5) is 11.5 Å². The summed E-state index contributed by atoms with van der Waals surface area (Å²) in [6, 6.07) is 10.6. The summed E-state index contributed by atoms with van der Waals surface area (Å²) in [7, 11) is 0. The lowest BCUT2D eigenvalue weighted by atomic mass is 10.1. The molecule has 2 aromatic heterocycles. The van der Waals surface area contributed by atoms with E-state index in [1.165, 1.54) is 17.0 Å². The van der Waals surface area contributed by atoms with Crippen molar-refractivity contribution in [2.45, 2.75) is 20.3 Å². The van der Waals surface area contributed by atoms with Crippen molar-refractivity contribution in [3.63, 3.8) is 0 Å². The van der Waals surface area contributed by atoms with E-state index in [1.807, 2.05) is 4.90 Å². The molecule has 7 nitrogen and oxygen atoms in total. The Morgan fingerprint density at radius 2 is 1.64 bits per heavy atom. The van der Waals surface area contributed by atoms with Crippen LogP contribution in [0.15, 0.2) is 36.7 Å². The van der Waals surface area contributed by atoms with Crippen molar-refractivity contribution in [3.05, 3.63) is 47.1 Å². The van der Waals surface area contributed by atoms with Crippen molar-refractivity contribution in [1.82, 2.24) is 19.8 Å². The maximum atomic E-state index is 13.4. The number of hydrogen-bond acceptors (Lipinski definition) is 7. The predicted molar refractivity (Wildman–Crippen MR) is 136 cm³/mol. The molecule has 2 saturated heterocycles. The zero-order chi connectivity index (χ0) is 22.8. The molecule has 0 N–H and O–H groups in total. The molecule has 0 atom stereocenters. The molecule has 0 bridgehead atoms. The number of carbonyl (C=O) groups excluding carboxylic acids is 1. The molecule has 3 aromatic rings. The summed E-state index contributed by atoms with van der Waals surface area (Å²) in [5.41, 5.74) is 2.29. The van der Waals surface area contributed by atoms with Crippen LogP contribution in [0.1, 0.15) is 28.6 Å². The van der Waals surface area contributed by atoms with Gasteiger partial charge in [0.1, 0.15) is 17.0 Å². The number of aromatic nitrogens is 2. The van der Waals surface area contributed by atoms with Gasteiger partial charge in [-0.15, -0.1) is 11.3 Å². The molecule has 1 aromatic carbocycles. The molecule has 33 heavy (non-hydrogen) atoms. The fraction of sp³-hybridized carbons (Fsp3) is 0.480. The summed E-state index contributed by atoms with van der Waals surface area (Å²) in [5, 5.41) is 1.05. The number of hydrogen-bond donors (Lipinski definition) is 0. The fourth-order valence-electron chi connectivity index (χ4n) is 4.95. The summed E-state index contributed by atoms with van der Waals surface area (Å²) >= 11 is 1.52. The van der Waals surface area contributed by atoms with E-state index in [-0.39, 0.29) is 5.91 Å². The van der Waals surface area contributed by atoms with E-state index in [0.29, 0.717) is 0 Å². The zero-order valence-electron chi connectivity index (χ0n) is 19.5. The molecule has 5 rings (SSSR count). The fourth-order valence-corrected chi connectivity index (χ4v) is 6.06. The Morgan fingerprint density at radius 3 is 2.33 bits per heavy atom. The molecule has 2 fully saturated rings. The molecular formula is C25H32N6OS. The van der Waals surface area contributed by atoms with E-state index in [1.54, 1.807) is 6.33 Å². The Hall–Kier alpha value is -2.71. The standard InChI is InChI=1S/C25H32N6OS/c1-3-9-28-10-12-31(13-11-28)25(32)22-19(2)21-23(26-18-27-24(21)33-22)30-16-14-29(15-17-30)20-7-5-4-6-8-20/h4-8,18H,3,9-17H2,1-2H3. The third kappa shape index (κ3) is 4.42. The van der Waals surface area contributed by atoms with Crippen LogP contribution < -0.4 is 9.80 Å². The number of thiophene rings is 1. The molecule has 2 aliphatic rings. The van der Waals surface area contributed by atoms with Crippen LogP contribution in [0, 0.1) is 6.92 Å². The number of piperazine rings is 2. The van der Waals surface area contributed by atoms with E-state index in [4.69, 9.17) is 0 Å². The number of fused-ring (bicyclic) bond motifs is 1. The quantitative estimate of drug-likeness (QED) is 0.576. The van der Waals surface area contributed by atoms with Gasteiger partial charge in [-0.05, 0) is 37.6 Å². The summed E-state index contributed by atoms with van der Waals surface area (Å²) in [5.74, 6) is 1.11. The van der Waals surface area contributed by atoms with Crippen LogP contribution in [0.25, 0.3) is 10.2 Å². The van der Waals surface area contributed by atoms with Crippen molar-refractivity contribution >= 4 is 39.0 Å². The first-order valence-corrected chi connectivity index (χ1v) is 12.8. The highest BCUT2D eigenvalue weighted by molar-refractivity contribution is 7.20. The van der Waals surface area contributed by atoms with Crippen molar-refractivity contribution in [2.75, 3.05) is 68.7 Å². The Kier molecular flexibility index (Phi) is 6.46. The first-order chi connectivity index (χ1) is 16.2. The summed E-state index contributed by atoms with van der Waals surface area (Å²) in [6.45, 7) is 12.6. The number of aryl methyl sites for hydroxylation is 1. The third-order valence-electron chi connectivity index (χ3n) is 6.80. The predicted octanol–water partition coefficient (Wildman–Crippen LogP) is 3.49. The lowest BCUT2D eigenvalue weighted by Gasteiger charge is -2.37. The van der Waals surface area contributed by atoms with Crippen molar-refractivity contribution in [1.29, 1.82) is 0 Å².